The molecule has 4 nitrogen and oxygen atoms in total. The van der Waals surface area contributed by atoms with Crippen molar-refractivity contribution in [3.05, 3.63) is 59.2 Å². The molecule has 2 aromatic carbocycles. The van der Waals surface area contributed by atoms with Crippen molar-refractivity contribution in [2.24, 2.45) is 0 Å². The molecule has 0 amide bonds. The second-order valence-electron chi connectivity index (χ2n) is 7.04. The van der Waals surface area contributed by atoms with Crippen LogP contribution in [0.4, 0.5) is 5.69 Å². The molecular weight excluding hydrogens is 354 g/mol. The molecule has 0 saturated heterocycles. The maximum Gasteiger partial charge on any atom is 0.261 e. The van der Waals surface area contributed by atoms with Gasteiger partial charge in [-0.05, 0) is 48.5 Å². The number of nitrogens with one attached hydrogen (secondary N) is 1. The van der Waals surface area contributed by atoms with Gasteiger partial charge in [0.15, 0.2) is 9.84 Å². The Kier molecular flexibility index (Phi) is 4.60. The second kappa shape index (κ2) is 6.42. The van der Waals surface area contributed by atoms with Gasteiger partial charge in [-0.1, -0.05) is 43.7 Å². The molecule has 1 heterocycles. The smallest absolute Gasteiger partial charge is 0.261 e. The van der Waals surface area contributed by atoms with Crippen molar-refractivity contribution in [2.45, 2.75) is 36.8 Å². The molecule has 6 heteroatoms. The largest absolute Gasteiger partial charge is 0.470 e. The van der Waals surface area contributed by atoms with Gasteiger partial charge in [-0.2, -0.15) is 0 Å². The molecule has 0 aliphatic carbocycles. The zero-order valence-corrected chi connectivity index (χ0v) is 16.1. The molecule has 1 aliphatic heterocycles. The van der Waals surface area contributed by atoms with E-state index in [1.54, 1.807) is 12.1 Å². The van der Waals surface area contributed by atoms with Crippen LogP contribution in [0, 0.1) is 6.92 Å². The van der Waals surface area contributed by atoms with Gasteiger partial charge in [0, 0.05) is 11.1 Å². The summed E-state index contributed by atoms with van der Waals surface area (Å²) in [6.45, 7) is 6.49. The summed E-state index contributed by atoms with van der Waals surface area (Å²) in [6.07, 6.45) is 0. The molecule has 0 radical (unpaired) electrons. The van der Waals surface area contributed by atoms with E-state index in [0.29, 0.717) is 16.7 Å². The Balaban J connectivity index is 1.95. The molecule has 2 aromatic rings. The van der Waals surface area contributed by atoms with Gasteiger partial charge in [-0.3, -0.25) is 0 Å². The molecule has 0 fully saturated rings. The van der Waals surface area contributed by atoms with E-state index in [1.807, 2.05) is 37.3 Å². The average Bonchev–Trinajstić information content (AvgIpc) is 2.65. The number of anilines is 1. The Hall–Kier alpha value is -1.92. The van der Waals surface area contributed by atoms with Crippen LogP contribution in [0.5, 0.6) is 0 Å². The normalized spacial score (nSPS) is 16.4. The number of sulfone groups is 1. The Labute approximate surface area is 154 Å². The summed E-state index contributed by atoms with van der Waals surface area (Å²) >= 11 is 5.14. The number of hydrogen-bond donors (Lipinski definition) is 1. The molecule has 0 atom stereocenters. The molecule has 0 unspecified atom stereocenters. The third-order valence-electron chi connectivity index (χ3n) is 4.35. The Bertz CT molecular complexity index is 916. The second-order valence-corrected chi connectivity index (χ2v) is 9.40. The summed E-state index contributed by atoms with van der Waals surface area (Å²) < 4.78 is 30.9. The number of rotatable bonds is 3. The third-order valence-corrected chi connectivity index (χ3v) is 6.27. The minimum absolute atomic E-state index is 0.0370. The summed E-state index contributed by atoms with van der Waals surface area (Å²) in [4.78, 5) is 0.343. The maximum absolute atomic E-state index is 12.7. The number of benzene rings is 2. The summed E-state index contributed by atoms with van der Waals surface area (Å²) in [5, 5.41) is 3.41. The van der Waals surface area contributed by atoms with Gasteiger partial charge in [-0.25, -0.2) is 8.42 Å². The van der Waals surface area contributed by atoms with Crippen LogP contribution in [-0.2, 0) is 25.7 Å². The van der Waals surface area contributed by atoms with Gasteiger partial charge in [0.2, 0.25) is 0 Å². The van der Waals surface area contributed by atoms with E-state index in [-0.39, 0.29) is 11.2 Å². The summed E-state index contributed by atoms with van der Waals surface area (Å²) in [7, 11) is -3.39. The first-order valence-electron chi connectivity index (χ1n) is 8.04. The number of hydrogen-bond acceptors (Lipinski definition) is 4. The first-order chi connectivity index (χ1) is 11.7. The predicted molar refractivity (Wildman–Crippen MR) is 104 cm³/mol. The minimum Gasteiger partial charge on any atom is -0.470 e. The van der Waals surface area contributed by atoms with Crippen molar-refractivity contribution in [1.29, 1.82) is 0 Å². The van der Waals surface area contributed by atoms with Crippen LogP contribution in [-0.4, -0.2) is 20.2 Å². The fourth-order valence-electron chi connectivity index (χ4n) is 2.87. The highest BCUT2D eigenvalue weighted by atomic mass is 32.2. The van der Waals surface area contributed by atoms with Crippen molar-refractivity contribution in [1.82, 2.24) is 0 Å². The highest BCUT2D eigenvalue weighted by Gasteiger charge is 2.29. The van der Waals surface area contributed by atoms with E-state index in [2.05, 4.69) is 19.2 Å². The van der Waals surface area contributed by atoms with E-state index in [1.165, 1.54) is 0 Å². The molecule has 0 saturated carbocycles. The quantitative estimate of drug-likeness (QED) is 0.823. The van der Waals surface area contributed by atoms with Crippen molar-refractivity contribution in [3.8, 4) is 0 Å². The highest BCUT2D eigenvalue weighted by Crippen LogP contribution is 2.34. The van der Waals surface area contributed by atoms with Crippen LogP contribution in [0.1, 0.15) is 30.5 Å². The van der Waals surface area contributed by atoms with Crippen molar-refractivity contribution in [2.75, 3.05) is 11.9 Å². The molecule has 0 bridgehead atoms. The molecule has 0 spiro atoms. The lowest BCUT2D eigenvalue weighted by atomic mass is 9.84. The van der Waals surface area contributed by atoms with E-state index in [9.17, 15) is 8.42 Å². The molecule has 25 heavy (non-hydrogen) atoms. The minimum atomic E-state index is -3.39. The van der Waals surface area contributed by atoms with Crippen LogP contribution in [0.2, 0.25) is 0 Å². The van der Waals surface area contributed by atoms with E-state index < -0.39 is 9.84 Å². The zero-order chi connectivity index (χ0) is 18.2. The summed E-state index contributed by atoms with van der Waals surface area (Å²) in [5.74, 6) is -0.0370. The lowest BCUT2D eigenvalue weighted by Crippen LogP contribution is -2.23. The molecule has 1 N–H and O–H groups in total. The molecule has 1 aliphatic rings. The SMILES string of the molecule is Cc1ccc(S(=O)(=O)Cc2ccc3c(c2)C(C)(C)COC(=S)N3)cc1. The number of ether oxygens (including phenoxy) is 1. The maximum atomic E-state index is 12.7. The van der Waals surface area contributed by atoms with Gasteiger partial charge in [-0.15, -0.1) is 0 Å². The number of thiocarbonyl (C=S) groups is 1. The van der Waals surface area contributed by atoms with Gasteiger partial charge in [0.05, 0.1) is 17.3 Å². The van der Waals surface area contributed by atoms with Gasteiger partial charge in [0.1, 0.15) is 0 Å². The third kappa shape index (κ3) is 3.85. The van der Waals surface area contributed by atoms with Gasteiger partial charge in [0.25, 0.3) is 5.17 Å². The lowest BCUT2D eigenvalue weighted by Gasteiger charge is -2.24. The van der Waals surface area contributed by atoms with Crippen molar-refractivity contribution >= 4 is 32.9 Å². The van der Waals surface area contributed by atoms with Gasteiger partial charge >= 0.3 is 0 Å². The van der Waals surface area contributed by atoms with Crippen molar-refractivity contribution < 1.29 is 13.2 Å². The summed E-state index contributed by atoms with van der Waals surface area (Å²) in [6, 6.07) is 12.6. The van der Waals surface area contributed by atoms with Crippen LogP contribution < -0.4 is 5.32 Å². The van der Waals surface area contributed by atoms with E-state index in [4.69, 9.17) is 17.0 Å². The van der Waals surface area contributed by atoms with E-state index >= 15 is 0 Å². The van der Waals surface area contributed by atoms with Crippen LogP contribution >= 0.6 is 12.2 Å². The van der Waals surface area contributed by atoms with Crippen molar-refractivity contribution in [3.63, 3.8) is 0 Å². The summed E-state index contributed by atoms with van der Waals surface area (Å²) in [5.41, 5.74) is 3.38. The number of aryl methyl sites for hydroxylation is 1. The monoisotopic (exact) mass is 375 g/mol. The van der Waals surface area contributed by atoms with Gasteiger partial charge < -0.3 is 10.1 Å². The van der Waals surface area contributed by atoms with E-state index in [0.717, 1.165) is 22.4 Å². The fraction of sp³-hybridized carbons (Fsp3) is 0.316. The topological polar surface area (TPSA) is 55.4 Å². The lowest BCUT2D eigenvalue weighted by molar-refractivity contribution is 0.239. The fourth-order valence-corrected chi connectivity index (χ4v) is 4.37. The molecular formula is C19H21NO3S2. The standard InChI is InChI=1S/C19H21NO3S2/c1-13-4-7-15(8-5-13)25(21,22)11-14-6-9-17-16(10-14)19(2,3)12-23-18(24)20-17/h4-10H,11-12H2,1-3H3,(H,20,24). The highest BCUT2D eigenvalue weighted by molar-refractivity contribution is 7.90. The molecule has 3 rings (SSSR count). The molecule has 132 valence electrons. The first kappa shape index (κ1) is 17.9. The molecule has 0 aromatic heterocycles. The number of fused-ring (bicyclic) bond motifs is 1. The Morgan fingerprint density at radius 3 is 2.52 bits per heavy atom. The predicted octanol–water partition coefficient (Wildman–Crippen LogP) is 3.97. The first-order valence-corrected chi connectivity index (χ1v) is 10.1. The van der Waals surface area contributed by atoms with Crippen LogP contribution in [0.15, 0.2) is 47.4 Å². The zero-order valence-electron chi connectivity index (χ0n) is 14.5. The Morgan fingerprint density at radius 2 is 1.84 bits per heavy atom. The Morgan fingerprint density at radius 1 is 1.16 bits per heavy atom. The average molecular weight is 376 g/mol. The van der Waals surface area contributed by atoms with Crippen LogP contribution in [0.3, 0.4) is 0 Å². The van der Waals surface area contributed by atoms with Crippen LogP contribution in [0.25, 0.3) is 0 Å².